The van der Waals surface area contributed by atoms with Gasteiger partial charge in [-0.2, -0.15) is 0 Å². The summed E-state index contributed by atoms with van der Waals surface area (Å²) in [5.41, 5.74) is 0. The first-order valence-corrected chi connectivity index (χ1v) is 42.1. The summed E-state index contributed by atoms with van der Waals surface area (Å²) in [6.45, 7) is 4.82. The second-order valence-corrected chi connectivity index (χ2v) is 29.8. The fourth-order valence-electron chi connectivity index (χ4n) is 12.6. The standard InChI is InChI=1S/C88H161NO8/c1-6-8-10-12-14-16-18-20-22-24-26-28-30-32-34-36-38-40-41-42-43-44-45-47-48-50-52-54-56-58-60-62-64-66-68-70-72-74-76-78-85(90)95-82-84(83-96-88(87(92)93)94-81-80-89(3,4)5)97-86(91)79-77-75-73-71-69-67-65-63-61-59-57-55-53-51-49-46-39-37-35-33-31-29-27-25-23-21-19-17-15-13-11-9-7-2/h9,11,15,17-18,20-21,23-24,26-27,29,84,88H,6-8,10,12-14,16,19,22,25,28,30-83H2,1-5H3/p+1/b11-9-,17-15-,20-18-,23-21-,26-24-,29-27-. The minimum atomic E-state index is -1.51. The van der Waals surface area contributed by atoms with Crippen molar-refractivity contribution < 1.29 is 42.9 Å². The molecule has 0 aromatic heterocycles. The van der Waals surface area contributed by atoms with Crippen LogP contribution in [0, 0.1) is 0 Å². The number of allylic oxidation sites excluding steroid dienone is 12. The van der Waals surface area contributed by atoms with Crippen LogP contribution in [-0.4, -0.2) is 87.4 Å². The van der Waals surface area contributed by atoms with E-state index in [0.717, 1.165) is 70.6 Å². The Balaban J connectivity index is 3.93. The number of carbonyl (C=O) groups excluding carboxylic acids is 2. The van der Waals surface area contributed by atoms with E-state index in [9.17, 15) is 19.5 Å². The summed E-state index contributed by atoms with van der Waals surface area (Å²) >= 11 is 0. The van der Waals surface area contributed by atoms with E-state index >= 15 is 0 Å². The van der Waals surface area contributed by atoms with Gasteiger partial charge in [-0.05, 0) is 83.5 Å². The zero-order chi connectivity index (χ0) is 70.4. The van der Waals surface area contributed by atoms with Gasteiger partial charge < -0.3 is 28.5 Å². The largest absolute Gasteiger partial charge is 0.477 e. The fourth-order valence-corrected chi connectivity index (χ4v) is 12.6. The third-order valence-electron chi connectivity index (χ3n) is 18.9. The van der Waals surface area contributed by atoms with Crippen LogP contribution in [0.15, 0.2) is 72.9 Å². The number of ether oxygens (including phenoxy) is 4. The van der Waals surface area contributed by atoms with Crippen molar-refractivity contribution in [2.24, 2.45) is 0 Å². The van der Waals surface area contributed by atoms with Crippen molar-refractivity contribution in [3.63, 3.8) is 0 Å². The van der Waals surface area contributed by atoms with Crippen molar-refractivity contribution in [2.75, 3.05) is 47.5 Å². The maximum atomic E-state index is 13.0. The van der Waals surface area contributed by atoms with E-state index in [1.165, 1.54) is 315 Å². The van der Waals surface area contributed by atoms with Crippen molar-refractivity contribution in [2.45, 2.75) is 424 Å². The predicted molar refractivity (Wildman–Crippen MR) is 420 cm³/mol. The molecule has 0 aliphatic rings. The van der Waals surface area contributed by atoms with E-state index in [1.807, 2.05) is 21.1 Å². The number of quaternary nitrogens is 1. The van der Waals surface area contributed by atoms with Crippen molar-refractivity contribution in [3.8, 4) is 0 Å². The molecule has 0 aliphatic heterocycles. The fraction of sp³-hybridized carbons (Fsp3) is 0.830. The molecule has 0 aromatic rings. The number of likely N-dealkylation sites (N-methyl/N-ethyl adjacent to an activating group) is 1. The molecule has 566 valence electrons. The lowest BCUT2D eigenvalue weighted by Gasteiger charge is -2.25. The smallest absolute Gasteiger partial charge is 0.361 e. The van der Waals surface area contributed by atoms with E-state index in [0.29, 0.717) is 17.4 Å². The van der Waals surface area contributed by atoms with Gasteiger partial charge >= 0.3 is 17.9 Å². The summed E-state index contributed by atoms with van der Waals surface area (Å²) in [6.07, 6.45) is 104. The summed E-state index contributed by atoms with van der Waals surface area (Å²) in [7, 11) is 6.00. The van der Waals surface area contributed by atoms with Gasteiger partial charge in [-0.25, -0.2) is 4.79 Å². The van der Waals surface area contributed by atoms with Gasteiger partial charge in [0.15, 0.2) is 6.10 Å². The molecule has 0 saturated carbocycles. The summed E-state index contributed by atoms with van der Waals surface area (Å²) in [6, 6.07) is 0. The molecule has 0 spiro atoms. The van der Waals surface area contributed by atoms with E-state index in [4.69, 9.17) is 18.9 Å². The van der Waals surface area contributed by atoms with Gasteiger partial charge in [-0.1, -0.05) is 389 Å². The van der Waals surface area contributed by atoms with Gasteiger partial charge in [0.2, 0.25) is 0 Å². The number of carbonyl (C=O) groups is 3. The number of carboxylic acids is 1. The zero-order valence-electron chi connectivity index (χ0n) is 65.0. The number of nitrogens with zero attached hydrogens (tertiary/aromatic N) is 1. The summed E-state index contributed by atoms with van der Waals surface area (Å²) in [5, 5.41) is 9.78. The average molecular weight is 1360 g/mol. The first-order valence-electron chi connectivity index (χ1n) is 42.1. The minimum Gasteiger partial charge on any atom is -0.477 e. The first kappa shape index (κ1) is 93.7. The van der Waals surface area contributed by atoms with Crippen LogP contribution in [0.5, 0.6) is 0 Å². The Labute approximate surface area is 602 Å². The van der Waals surface area contributed by atoms with Crippen LogP contribution in [0.1, 0.15) is 412 Å². The highest BCUT2D eigenvalue weighted by molar-refractivity contribution is 5.71. The third-order valence-corrected chi connectivity index (χ3v) is 18.9. The summed E-state index contributed by atoms with van der Waals surface area (Å²) in [5.74, 6) is -1.97. The lowest BCUT2D eigenvalue weighted by molar-refractivity contribution is -0.870. The molecule has 0 radical (unpaired) electrons. The van der Waals surface area contributed by atoms with Gasteiger partial charge in [-0.3, -0.25) is 9.59 Å². The third kappa shape index (κ3) is 79.9. The van der Waals surface area contributed by atoms with Crippen molar-refractivity contribution in [3.05, 3.63) is 72.9 Å². The molecule has 2 atom stereocenters. The molecule has 9 nitrogen and oxygen atoms in total. The number of carboxylic acid groups (broad SMARTS) is 1. The molecular weight excluding hydrogens is 1200 g/mol. The zero-order valence-corrected chi connectivity index (χ0v) is 65.0. The summed E-state index contributed by atoms with van der Waals surface area (Å²) < 4.78 is 23.1. The van der Waals surface area contributed by atoms with E-state index in [1.54, 1.807) is 0 Å². The van der Waals surface area contributed by atoms with Gasteiger partial charge in [0.05, 0.1) is 34.4 Å². The second kappa shape index (κ2) is 78.4. The Morgan fingerprint density at radius 3 is 0.876 bits per heavy atom. The molecule has 97 heavy (non-hydrogen) atoms. The highest BCUT2D eigenvalue weighted by Crippen LogP contribution is 2.20. The Morgan fingerprint density at radius 2 is 0.588 bits per heavy atom. The Morgan fingerprint density at radius 1 is 0.320 bits per heavy atom. The van der Waals surface area contributed by atoms with Gasteiger partial charge in [-0.15, -0.1) is 0 Å². The molecule has 1 N–H and O–H groups in total. The Bertz CT molecular complexity index is 1830. The molecule has 0 aliphatic carbocycles. The first-order chi connectivity index (χ1) is 47.6. The van der Waals surface area contributed by atoms with Crippen LogP contribution in [0.3, 0.4) is 0 Å². The highest BCUT2D eigenvalue weighted by Gasteiger charge is 2.25. The van der Waals surface area contributed by atoms with Crippen LogP contribution in [0.4, 0.5) is 0 Å². The predicted octanol–water partition coefficient (Wildman–Crippen LogP) is 27.2. The number of aliphatic carboxylic acids is 1. The SMILES string of the molecule is CC/C=C\C/C=C\C/C=C\C/C=C\CCCCCCCCCCCCCCCCCCCCCCC(=O)OC(COC(=O)CCCCCCCCCCCCCCCCCCCCCCCCCCCCC/C=C\C/C=C\CCCCCCC)COC(OCC[N+](C)(C)C)C(=O)O. The van der Waals surface area contributed by atoms with Crippen LogP contribution in [-0.2, 0) is 33.3 Å². The lowest BCUT2D eigenvalue weighted by Crippen LogP contribution is -2.40. The number of hydrogen-bond acceptors (Lipinski definition) is 7. The normalized spacial score (nSPS) is 13.0. The molecule has 9 heteroatoms. The topological polar surface area (TPSA) is 108 Å². The van der Waals surface area contributed by atoms with E-state index < -0.39 is 18.4 Å². The molecule has 0 amide bonds. The molecule has 2 unspecified atom stereocenters. The van der Waals surface area contributed by atoms with Crippen molar-refractivity contribution in [1.82, 2.24) is 0 Å². The molecule has 0 fully saturated rings. The maximum Gasteiger partial charge on any atom is 0.361 e. The van der Waals surface area contributed by atoms with Crippen molar-refractivity contribution in [1.29, 1.82) is 0 Å². The second-order valence-electron chi connectivity index (χ2n) is 29.8. The average Bonchev–Trinajstić information content (AvgIpc) is 2.59. The van der Waals surface area contributed by atoms with Crippen molar-refractivity contribution >= 4 is 17.9 Å². The maximum absolute atomic E-state index is 13.0. The monoisotopic (exact) mass is 1360 g/mol. The molecule has 0 heterocycles. The molecule has 0 saturated heterocycles. The van der Waals surface area contributed by atoms with Crippen LogP contribution >= 0.6 is 0 Å². The Hall–Kier alpha value is -3.27. The number of hydrogen-bond donors (Lipinski definition) is 1. The van der Waals surface area contributed by atoms with Gasteiger partial charge in [0.1, 0.15) is 13.2 Å². The molecule has 0 rings (SSSR count). The quantitative estimate of drug-likeness (QED) is 0.0211. The minimum absolute atomic E-state index is 0.177. The molecular formula is C88H162NO8+. The lowest BCUT2D eigenvalue weighted by atomic mass is 10.0. The highest BCUT2D eigenvalue weighted by atomic mass is 16.7. The molecule has 0 aromatic carbocycles. The number of esters is 2. The van der Waals surface area contributed by atoms with Crippen LogP contribution < -0.4 is 0 Å². The van der Waals surface area contributed by atoms with Gasteiger partial charge in [0, 0.05) is 12.8 Å². The summed E-state index contributed by atoms with van der Waals surface area (Å²) in [4.78, 5) is 37.8. The number of rotatable bonds is 79. The van der Waals surface area contributed by atoms with Gasteiger partial charge in [0.25, 0.3) is 6.29 Å². The Kier molecular flexibility index (Phi) is 75.8. The van der Waals surface area contributed by atoms with Crippen LogP contribution in [0.25, 0.3) is 0 Å². The van der Waals surface area contributed by atoms with Crippen LogP contribution in [0.2, 0.25) is 0 Å². The number of unbranched alkanes of at least 4 members (excludes halogenated alkanes) is 52. The molecule has 0 bridgehead atoms. The van der Waals surface area contributed by atoms with E-state index in [-0.39, 0.29) is 38.2 Å². The van der Waals surface area contributed by atoms with E-state index in [2.05, 4.69) is 86.8 Å².